The summed E-state index contributed by atoms with van der Waals surface area (Å²) in [6, 6.07) is 12.2. The molecule has 0 radical (unpaired) electrons. The van der Waals surface area contributed by atoms with Crippen LogP contribution < -0.4 is 9.88 Å². The molecule has 0 saturated heterocycles. The van der Waals surface area contributed by atoms with Crippen LogP contribution in [0.5, 0.6) is 0 Å². The van der Waals surface area contributed by atoms with Gasteiger partial charge in [0.05, 0.1) is 0 Å². The Kier molecular flexibility index (Phi) is 6.83. The van der Waals surface area contributed by atoms with E-state index in [9.17, 15) is 9.18 Å². The molecule has 1 atom stereocenters. The third kappa shape index (κ3) is 4.98. The van der Waals surface area contributed by atoms with Gasteiger partial charge in [-0.25, -0.2) is 13.9 Å². The first-order valence-electron chi connectivity index (χ1n) is 9.71. The maximum atomic E-state index is 13.3. The molecule has 0 aliphatic rings. The van der Waals surface area contributed by atoms with Gasteiger partial charge in [-0.3, -0.25) is 4.79 Å². The van der Waals surface area contributed by atoms with E-state index in [0.717, 1.165) is 33.9 Å². The average molecular weight is 447 g/mol. The minimum absolute atomic E-state index is 0.127. The van der Waals surface area contributed by atoms with Gasteiger partial charge in [-0.15, -0.1) is 0 Å². The Hall–Kier alpha value is -2.21. The number of nitrogens with zero attached hydrogens (tertiary/aromatic N) is 1. The van der Waals surface area contributed by atoms with Crippen LogP contribution in [0, 0.1) is 11.7 Å². The third-order valence-corrected chi connectivity index (χ3v) is 5.40. The molecule has 0 spiro atoms. The zero-order valence-corrected chi connectivity index (χ0v) is 17.9. The van der Waals surface area contributed by atoms with Gasteiger partial charge < -0.3 is 5.32 Å². The van der Waals surface area contributed by atoms with Crippen molar-refractivity contribution in [2.75, 3.05) is 6.54 Å². The van der Waals surface area contributed by atoms with E-state index in [-0.39, 0.29) is 11.7 Å². The molecule has 148 valence electrons. The fourth-order valence-electron chi connectivity index (χ4n) is 3.27. The molecule has 1 amide bonds. The summed E-state index contributed by atoms with van der Waals surface area (Å²) in [5.74, 6) is 0.542. The van der Waals surface area contributed by atoms with Crippen molar-refractivity contribution >= 4 is 32.9 Å². The molecule has 1 heterocycles. The largest absolute Gasteiger partial charge is 0.346 e. The number of fused-ring (bicyclic) bond motifs is 1. The molecule has 2 aromatic carbocycles. The molecule has 0 fully saturated rings. The first kappa shape index (κ1) is 20.5. The van der Waals surface area contributed by atoms with Crippen LogP contribution in [0.4, 0.5) is 4.39 Å². The van der Waals surface area contributed by atoms with Crippen molar-refractivity contribution in [3.05, 3.63) is 64.1 Å². The van der Waals surface area contributed by atoms with Gasteiger partial charge in [0.2, 0.25) is 0 Å². The van der Waals surface area contributed by atoms with Crippen LogP contribution in [-0.2, 0) is 6.54 Å². The molecule has 0 unspecified atom stereocenters. The van der Waals surface area contributed by atoms with Crippen molar-refractivity contribution in [3.8, 4) is 0 Å². The van der Waals surface area contributed by atoms with Gasteiger partial charge in [0, 0.05) is 17.1 Å². The Bertz CT molecular complexity index is 952. The Morgan fingerprint density at radius 2 is 2.00 bits per heavy atom. The van der Waals surface area contributed by atoms with Crippen molar-refractivity contribution in [2.24, 2.45) is 5.92 Å². The minimum atomic E-state index is -0.269. The summed E-state index contributed by atoms with van der Waals surface area (Å²) in [6.45, 7) is 5.45. The SMILES string of the molecule is CCCC[C@H](C)CNC(=O)c1[nH]c2ccc(Br)cc2[n+]1Cc1ccc(F)cc1. The van der Waals surface area contributed by atoms with E-state index in [0.29, 0.717) is 24.8 Å². The smallest absolute Gasteiger partial charge is 0.345 e. The number of carbonyl (C=O) groups excluding carboxylic acids is 1. The predicted molar refractivity (Wildman–Crippen MR) is 113 cm³/mol. The zero-order chi connectivity index (χ0) is 20.1. The number of hydrogen-bond donors (Lipinski definition) is 2. The number of aromatic amines is 1. The lowest BCUT2D eigenvalue weighted by molar-refractivity contribution is -0.664. The number of halogens is 2. The van der Waals surface area contributed by atoms with E-state index in [2.05, 4.69) is 40.1 Å². The second-order valence-corrected chi connectivity index (χ2v) is 8.22. The molecule has 1 aromatic heterocycles. The molecule has 3 aromatic rings. The summed E-state index contributed by atoms with van der Waals surface area (Å²) < 4.78 is 16.1. The topological polar surface area (TPSA) is 48.8 Å². The molecule has 2 N–H and O–H groups in total. The Morgan fingerprint density at radius 1 is 1.25 bits per heavy atom. The van der Waals surface area contributed by atoms with Crippen LogP contribution in [0.3, 0.4) is 0 Å². The number of aromatic nitrogens is 2. The molecule has 0 aliphatic heterocycles. The van der Waals surface area contributed by atoms with E-state index < -0.39 is 0 Å². The van der Waals surface area contributed by atoms with Crippen LogP contribution in [0.25, 0.3) is 11.0 Å². The Morgan fingerprint density at radius 3 is 2.71 bits per heavy atom. The fraction of sp³-hybridized carbons (Fsp3) is 0.364. The van der Waals surface area contributed by atoms with E-state index in [1.807, 2.05) is 22.8 Å². The van der Waals surface area contributed by atoms with Crippen LogP contribution >= 0.6 is 15.9 Å². The number of benzene rings is 2. The van der Waals surface area contributed by atoms with Crippen molar-refractivity contribution < 1.29 is 13.8 Å². The normalized spacial score (nSPS) is 12.3. The molecule has 0 bridgehead atoms. The number of rotatable bonds is 8. The summed E-state index contributed by atoms with van der Waals surface area (Å²) >= 11 is 3.50. The fourth-order valence-corrected chi connectivity index (χ4v) is 3.62. The minimum Gasteiger partial charge on any atom is -0.345 e. The van der Waals surface area contributed by atoms with E-state index in [1.165, 1.54) is 18.6 Å². The number of imidazole rings is 1. The molecular weight excluding hydrogens is 421 g/mol. The van der Waals surface area contributed by atoms with Crippen molar-refractivity contribution in [3.63, 3.8) is 0 Å². The zero-order valence-electron chi connectivity index (χ0n) is 16.3. The molecule has 0 aliphatic carbocycles. The number of nitrogens with one attached hydrogen (secondary N) is 2. The van der Waals surface area contributed by atoms with Gasteiger partial charge in [-0.1, -0.05) is 54.8 Å². The maximum absolute atomic E-state index is 13.3. The van der Waals surface area contributed by atoms with Gasteiger partial charge in [0.25, 0.3) is 0 Å². The molecule has 6 heteroatoms. The van der Waals surface area contributed by atoms with Crippen LogP contribution in [0.15, 0.2) is 46.9 Å². The summed E-state index contributed by atoms with van der Waals surface area (Å²) in [7, 11) is 0. The highest BCUT2D eigenvalue weighted by Crippen LogP contribution is 2.18. The summed E-state index contributed by atoms with van der Waals surface area (Å²) in [5.41, 5.74) is 2.73. The first-order valence-corrected chi connectivity index (χ1v) is 10.5. The Balaban J connectivity index is 1.88. The molecule has 4 nitrogen and oxygen atoms in total. The van der Waals surface area contributed by atoms with Crippen molar-refractivity contribution in [1.82, 2.24) is 10.3 Å². The average Bonchev–Trinajstić information content (AvgIpc) is 3.04. The van der Waals surface area contributed by atoms with Gasteiger partial charge in [0.1, 0.15) is 12.4 Å². The number of unbranched alkanes of at least 4 members (excludes halogenated alkanes) is 1. The van der Waals surface area contributed by atoms with Gasteiger partial charge >= 0.3 is 11.7 Å². The second kappa shape index (κ2) is 9.32. The van der Waals surface area contributed by atoms with E-state index >= 15 is 0 Å². The number of H-pyrrole nitrogens is 1. The lowest BCUT2D eigenvalue weighted by Crippen LogP contribution is -2.44. The lowest BCUT2D eigenvalue weighted by Gasteiger charge is -2.11. The molecular formula is C22H26BrFN3O+. The third-order valence-electron chi connectivity index (χ3n) is 4.90. The molecule has 28 heavy (non-hydrogen) atoms. The van der Waals surface area contributed by atoms with Gasteiger partial charge in [-0.05, 0) is 42.2 Å². The standard InChI is InChI=1S/C22H25BrFN3O/c1-3-4-5-15(2)13-25-22(28)21-26-19-11-8-17(23)12-20(19)27(21)14-16-6-9-18(24)10-7-16/h6-12,15H,3-5,13-14H2,1-2H3,(H,25,28)/p+1/t15-/m0/s1. The Labute approximate surface area is 173 Å². The van der Waals surface area contributed by atoms with Crippen LogP contribution in [0.2, 0.25) is 0 Å². The molecule has 0 saturated carbocycles. The quantitative estimate of drug-likeness (QED) is 0.471. The lowest BCUT2D eigenvalue weighted by atomic mass is 10.0. The number of hydrogen-bond acceptors (Lipinski definition) is 1. The predicted octanol–water partition coefficient (Wildman–Crippen LogP) is 4.96. The monoisotopic (exact) mass is 446 g/mol. The number of carbonyl (C=O) groups is 1. The number of amides is 1. The highest BCUT2D eigenvalue weighted by Gasteiger charge is 2.25. The van der Waals surface area contributed by atoms with Crippen LogP contribution in [0.1, 0.15) is 49.3 Å². The van der Waals surface area contributed by atoms with Crippen molar-refractivity contribution in [2.45, 2.75) is 39.7 Å². The first-order chi connectivity index (χ1) is 13.5. The van der Waals surface area contributed by atoms with E-state index in [1.54, 1.807) is 12.1 Å². The van der Waals surface area contributed by atoms with Crippen LogP contribution in [-0.4, -0.2) is 17.4 Å². The summed E-state index contributed by atoms with van der Waals surface area (Å²) in [4.78, 5) is 16.2. The van der Waals surface area contributed by atoms with E-state index in [4.69, 9.17) is 0 Å². The maximum Gasteiger partial charge on any atom is 0.346 e. The van der Waals surface area contributed by atoms with Gasteiger partial charge in [-0.2, -0.15) is 0 Å². The highest BCUT2D eigenvalue weighted by molar-refractivity contribution is 9.10. The summed E-state index contributed by atoms with van der Waals surface area (Å²) in [6.07, 6.45) is 3.43. The van der Waals surface area contributed by atoms with Gasteiger partial charge in [0.15, 0.2) is 11.0 Å². The highest BCUT2D eigenvalue weighted by atomic mass is 79.9. The molecule has 3 rings (SSSR count). The second-order valence-electron chi connectivity index (χ2n) is 7.31. The summed E-state index contributed by atoms with van der Waals surface area (Å²) in [5, 5.41) is 3.06. The van der Waals surface area contributed by atoms with Crippen molar-refractivity contribution in [1.29, 1.82) is 0 Å².